The van der Waals surface area contributed by atoms with Crippen molar-refractivity contribution in [2.45, 2.75) is 19.4 Å². The monoisotopic (exact) mass is 414 g/mol. The number of nitrogens with one attached hydrogen (secondary N) is 2. The van der Waals surface area contributed by atoms with Crippen LogP contribution < -0.4 is 10.9 Å². The molecule has 0 fully saturated rings. The molecule has 2 heterocycles. The van der Waals surface area contributed by atoms with Gasteiger partial charge in [-0.2, -0.15) is 0 Å². The summed E-state index contributed by atoms with van der Waals surface area (Å²) in [4.78, 5) is 33.5. The maximum Gasteiger partial charge on any atom is 0.322 e. The number of hydrogen-bond acceptors (Lipinski definition) is 3. The second kappa shape index (κ2) is 8.02. The van der Waals surface area contributed by atoms with Crippen LogP contribution in [0, 0.1) is 17.5 Å². The summed E-state index contributed by atoms with van der Waals surface area (Å²) in [6.07, 6.45) is 0.700. The number of benzene rings is 2. The Kier molecular flexibility index (Phi) is 5.26. The van der Waals surface area contributed by atoms with Crippen LogP contribution in [0.25, 0.3) is 0 Å². The number of nitrogens with zero attached hydrogens (tertiary/aromatic N) is 2. The van der Waals surface area contributed by atoms with E-state index in [0.717, 1.165) is 17.7 Å². The van der Waals surface area contributed by atoms with Gasteiger partial charge in [-0.1, -0.05) is 12.1 Å². The maximum atomic E-state index is 13.8. The molecule has 4 rings (SSSR count). The third-order valence-electron chi connectivity index (χ3n) is 4.86. The molecule has 0 atom stereocenters. The second-order valence-corrected chi connectivity index (χ2v) is 6.97. The van der Waals surface area contributed by atoms with Gasteiger partial charge in [-0.15, -0.1) is 0 Å². The average molecular weight is 414 g/mol. The lowest BCUT2D eigenvalue weighted by Gasteiger charge is -2.28. The SMILES string of the molecule is O=C(Nc1ccc(F)cc1F)N1CCc2nc(Cc3ccc(F)cc3)[nH]c(=O)c2C1. The standard InChI is InChI=1S/C21H17F3N4O2/c22-13-3-1-12(2-4-13)9-19-25-17-7-8-28(11-15(17)20(29)27-19)21(30)26-18-6-5-14(23)10-16(18)24/h1-6,10H,7-9,11H2,(H,26,30)(H,25,27,29). The van der Waals surface area contributed by atoms with Gasteiger partial charge in [0.1, 0.15) is 23.3 Å². The van der Waals surface area contributed by atoms with Crippen LogP contribution in [0.5, 0.6) is 0 Å². The molecule has 9 heteroatoms. The van der Waals surface area contributed by atoms with E-state index in [1.165, 1.54) is 17.0 Å². The highest BCUT2D eigenvalue weighted by molar-refractivity contribution is 5.89. The Morgan fingerprint density at radius 2 is 1.83 bits per heavy atom. The van der Waals surface area contributed by atoms with Gasteiger partial charge in [0.25, 0.3) is 5.56 Å². The van der Waals surface area contributed by atoms with Crippen molar-refractivity contribution in [3.63, 3.8) is 0 Å². The van der Waals surface area contributed by atoms with Crippen LogP contribution in [0.15, 0.2) is 47.3 Å². The number of hydrogen-bond donors (Lipinski definition) is 2. The van der Waals surface area contributed by atoms with Gasteiger partial charge in [0.05, 0.1) is 23.5 Å². The van der Waals surface area contributed by atoms with Crippen molar-refractivity contribution in [3.05, 3.63) is 92.9 Å². The molecule has 0 bridgehead atoms. The maximum absolute atomic E-state index is 13.8. The molecule has 0 unspecified atom stereocenters. The fourth-order valence-electron chi connectivity index (χ4n) is 3.31. The van der Waals surface area contributed by atoms with E-state index in [1.54, 1.807) is 12.1 Å². The predicted molar refractivity (Wildman–Crippen MR) is 104 cm³/mol. The molecule has 1 aliphatic heterocycles. The van der Waals surface area contributed by atoms with Crippen molar-refractivity contribution in [2.75, 3.05) is 11.9 Å². The summed E-state index contributed by atoms with van der Waals surface area (Å²) in [5.74, 6) is -1.52. The predicted octanol–water partition coefficient (Wildman–Crippen LogP) is 3.37. The summed E-state index contributed by atoms with van der Waals surface area (Å²) in [5, 5.41) is 2.39. The lowest BCUT2D eigenvalue weighted by molar-refractivity contribution is 0.205. The molecule has 0 saturated carbocycles. The molecular weight excluding hydrogens is 397 g/mol. The molecule has 2 amide bonds. The number of aromatic nitrogens is 2. The van der Waals surface area contributed by atoms with Crippen LogP contribution >= 0.6 is 0 Å². The number of carbonyl (C=O) groups excluding carboxylic acids is 1. The molecule has 0 saturated heterocycles. The summed E-state index contributed by atoms with van der Waals surface area (Å²) >= 11 is 0. The van der Waals surface area contributed by atoms with Gasteiger partial charge >= 0.3 is 6.03 Å². The number of carbonyl (C=O) groups is 1. The van der Waals surface area contributed by atoms with Gasteiger partial charge in [0.2, 0.25) is 0 Å². The van der Waals surface area contributed by atoms with Crippen molar-refractivity contribution in [3.8, 4) is 0 Å². The van der Waals surface area contributed by atoms with E-state index < -0.39 is 17.7 Å². The van der Waals surface area contributed by atoms with Crippen LogP contribution in [0.2, 0.25) is 0 Å². The number of anilines is 1. The van der Waals surface area contributed by atoms with E-state index in [0.29, 0.717) is 36.0 Å². The summed E-state index contributed by atoms with van der Waals surface area (Å²) < 4.78 is 39.8. The lowest BCUT2D eigenvalue weighted by atomic mass is 10.1. The van der Waals surface area contributed by atoms with E-state index in [-0.39, 0.29) is 30.2 Å². The zero-order valence-electron chi connectivity index (χ0n) is 15.7. The Morgan fingerprint density at radius 3 is 2.57 bits per heavy atom. The molecule has 1 aromatic heterocycles. The Bertz CT molecular complexity index is 1160. The van der Waals surface area contributed by atoms with Crippen molar-refractivity contribution < 1.29 is 18.0 Å². The Balaban J connectivity index is 1.49. The van der Waals surface area contributed by atoms with Crippen LogP contribution in [0.4, 0.5) is 23.7 Å². The normalized spacial score (nSPS) is 13.1. The summed E-state index contributed by atoms with van der Waals surface area (Å²) in [6.45, 7) is 0.303. The van der Waals surface area contributed by atoms with Gasteiger partial charge < -0.3 is 15.2 Å². The van der Waals surface area contributed by atoms with E-state index in [1.807, 2.05) is 0 Å². The van der Waals surface area contributed by atoms with Gasteiger partial charge in [-0.05, 0) is 29.8 Å². The minimum absolute atomic E-state index is 0.0170. The van der Waals surface area contributed by atoms with E-state index >= 15 is 0 Å². The van der Waals surface area contributed by atoms with Crippen LogP contribution in [-0.2, 0) is 19.4 Å². The molecule has 6 nitrogen and oxygen atoms in total. The topological polar surface area (TPSA) is 78.1 Å². The molecule has 0 spiro atoms. The summed E-state index contributed by atoms with van der Waals surface area (Å²) in [7, 11) is 0. The van der Waals surface area contributed by atoms with Gasteiger partial charge in [0.15, 0.2) is 0 Å². The first-order chi connectivity index (χ1) is 14.4. The first-order valence-electron chi connectivity index (χ1n) is 9.25. The minimum Gasteiger partial charge on any atom is -0.320 e. The van der Waals surface area contributed by atoms with Crippen molar-refractivity contribution in [1.29, 1.82) is 0 Å². The van der Waals surface area contributed by atoms with Crippen LogP contribution in [-0.4, -0.2) is 27.4 Å². The molecular formula is C21H17F3N4O2. The fourth-order valence-corrected chi connectivity index (χ4v) is 3.31. The van der Waals surface area contributed by atoms with Gasteiger partial charge in [-0.25, -0.2) is 22.9 Å². The van der Waals surface area contributed by atoms with Crippen molar-refractivity contribution in [2.24, 2.45) is 0 Å². The average Bonchev–Trinajstić information content (AvgIpc) is 2.71. The third-order valence-corrected chi connectivity index (χ3v) is 4.86. The second-order valence-electron chi connectivity index (χ2n) is 6.97. The van der Waals surface area contributed by atoms with Crippen LogP contribution in [0.1, 0.15) is 22.6 Å². The number of H-pyrrole nitrogens is 1. The molecule has 2 aromatic carbocycles. The third kappa shape index (κ3) is 4.19. The summed E-state index contributed by atoms with van der Waals surface area (Å²) in [6, 6.07) is 8.18. The van der Waals surface area contributed by atoms with Crippen molar-refractivity contribution >= 4 is 11.7 Å². The number of urea groups is 1. The van der Waals surface area contributed by atoms with Gasteiger partial charge in [-0.3, -0.25) is 4.79 Å². The summed E-state index contributed by atoms with van der Waals surface area (Å²) in [5.41, 5.74) is 1.25. The molecule has 1 aliphatic rings. The molecule has 2 N–H and O–H groups in total. The fraction of sp³-hybridized carbons (Fsp3) is 0.190. The highest BCUT2D eigenvalue weighted by Crippen LogP contribution is 2.19. The Morgan fingerprint density at radius 1 is 1.10 bits per heavy atom. The van der Waals surface area contributed by atoms with E-state index in [2.05, 4.69) is 15.3 Å². The lowest BCUT2D eigenvalue weighted by Crippen LogP contribution is -2.42. The Labute approximate surface area is 169 Å². The largest absolute Gasteiger partial charge is 0.322 e. The first kappa shape index (κ1) is 19.7. The molecule has 0 radical (unpaired) electrons. The number of amides is 2. The quantitative estimate of drug-likeness (QED) is 0.690. The van der Waals surface area contributed by atoms with Crippen molar-refractivity contribution in [1.82, 2.24) is 14.9 Å². The number of halogens is 3. The molecule has 154 valence electrons. The Hall–Kier alpha value is -3.62. The van der Waals surface area contributed by atoms with E-state index in [4.69, 9.17) is 0 Å². The number of rotatable bonds is 3. The minimum atomic E-state index is -0.884. The molecule has 30 heavy (non-hydrogen) atoms. The van der Waals surface area contributed by atoms with Crippen LogP contribution in [0.3, 0.4) is 0 Å². The molecule has 3 aromatic rings. The number of fused-ring (bicyclic) bond motifs is 1. The highest BCUT2D eigenvalue weighted by Gasteiger charge is 2.25. The zero-order chi connectivity index (χ0) is 21.3. The molecule has 0 aliphatic carbocycles. The van der Waals surface area contributed by atoms with E-state index in [9.17, 15) is 22.8 Å². The number of aromatic amines is 1. The van der Waals surface area contributed by atoms with Gasteiger partial charge in [0, 0.05) is 25.5 Å². The smallest absolute Gasteiger partial charge is 0.320 e. The zero-order valence-corrected chi connectivity index (χ0v) is 15.7. The first-order valence-corrected chi connectivity index (χ1v) is 9.25. The highest BCUT2D eigenvalue weighted by atomic mass is 19.1.